The van der Waals surface area contributed by atoms with Gasteiger partial charge in [-0.25, -0.2) is 0 Å². The molecule has 1 aliphatic rings. The molecule has 1 rings (SSSR count). The van der Waals surface area contributed by atoms with Crippen molar-refractivity contribution in [3.63, 3.8) is 0 Å². The zero-order valence-corrected chi connectivity index (χ0v) is 8.91. The molecule has 0 aromatic rings. The molecule has 3 nitrogen and oxygen atoms in total. The molecular formula is C11H21NO2. The topological polar surface area (TPSA) is 63.3 Å². The maximum atomic E-state index is 10.7. The van der Waals surface area contributed by atoms with Gasteiger partial charge in [-0.2, -0.15) is 0 Å². The average Bonchev–Trinajstić information content (AvgIpc) is 2.88. The smallest absolute Gasteiger partial charge is 0.307 e. The molecule has 0 heterocycles. The summed E-state index contributed by atoms with van der Waals surface area (Å²) in [4.78, 5) is 10.7. The first-order valence-electron chi connectivity index (χ1n) is 5.56. The van der Waals surface area contributed by atoms with Crippen molar-refractivity contribution in [1.29, 1.82) is 0 Å². The Hall–Kier alpha value is -0.570. The van der Waals surface area contributed by atoms with Gasteiger partial charge < -0.3 is 10.8 Å². The highest BCUT2D eigenvalue weighted by atomic mass is 16.4. The molecule has 0 saturated heterocycles. The number of carboxylic acids is 1. The predicted octanol–water partition coefficient (Wildman–Crippen LogP) is 1.86. The molecule has 0 radical (unpaired) electrons. The SMILES string of the molecule is CC(CC[C@H](CN)C(=O)O)CC1CC1. The van der Waals surface area contributed by atoms with Crippen molar-refractivity contribution in [3.05, 3.63) is 0 Å². The second kappa shape index (κ2) is 5.35. The van der Waals surface area contributed by atoms with Crippen LogP contribution in [0.3, 0.4) is 0 Å². The summed E-state index contributed by atoms with van der Waals surface area (Å²) in [5.41, 5.74) is 5.39. The number of hydrogen-bond donors (Lipinski definition) is 2. The molecule has 2 atom stereocenters. The number of carbonyl (C=O) groups is 1. The molecule has 1 saturated carbocycles. The van der Waals surface area contributed by atoms with Crippen LogP contribution in [0.1, 0.15) is 39.0 Å². The zero-order chi connectivity index (χ0) is 10.6. The number of rotatable bonds is 7. The maximum Gasteiger partial charge on any atom is 0.307 e. The van der Waals surface area contributed by atoms with E-state index in [0.29, 0.717) is 5.92 Å². The minimum Gasteiger partial charge on any atom is -0.481 e. The van der Waals surface area contributed by atoms with Gasteiger partial charge in [-0.15, -0.1) is 0 Å². The van der Waals surface area contributed by atoms with Gasteiger partial charge in [0.2, 0.25) is 0 Å². The third-order valence-electron chi connectivity index (χ3n) is 3.07. The van der Waals surface area contributed by atoms with E-state index in [1.807, 2.05) is 0 Å². The Balaban J connectivity index is 2.12. The molecule has 14 heavy (non-hydrogen) atoms. The summed E-state index contributed by atoms with van der Waals surface area (Å²) in [5, 5.41) is 8.80. The van der Waals surface area contributed by atoms with Gasteiger partial charge in [-0.1, -0.05) is 19.8 Å². The van der Waals surface area contributed by atoms with Crippen molar-refractivity contribution in [2.45, 2.75) is 39.0 Å². The van der Waals surface area contributed by atoms with Crippen LogP contribution < -0.4 is 5.73 Å². The van der Waals surface area contributed by atoms with E-state index in [2.05, 4.69) is 6.92 Å². The van der Waals surface area contributed by atoms with Crippen molar-refractivity contribution in [2.24, 2.45) is 23.5 Å². The van der Waals surface area contributed by atoms with E-state index in [0.717, 1.165) is 18.8 Å². The highest BCUT2D eigenvalue weighted by molar-refractivity contribution is 5.70. The van der Waals surface area contributed by atoms with Gasteiger partial charge in [0.25, 0.3) is 0 Å². The van der Waals surface area contributed by atoms with E-state index in [9.17, 15) is 4.79 Å². The Morgan fingerprint density at radius 3 is 2.57 bits per heavy atom. The Morgan fingerprint density at radius 1 is 1.50 bits per heavy atom. The molecule has 3 heteroatoms. The molecule has 82 valence electrons. The summed E-state index contributed by atoms with van der Waals surface area (Å²) >= 11 is 0. The van der Waals surface area contributed by atoms with Crippen LogP contribution in [-0.2, 0) is 4.79 Å². The molecule has 1 unspecified atom stereocenters. The predicted molar refractivity (Wildman–Crippen MR) is 55.9 cm³/mol. The van der Waals surface area contributed by atoms with Crippen LogP contribution >= 0.6 is 0 Å². The lowest BCUT2D eigenvalue weighted by molar-refractivity contribution is -0.141. The van der Waals surface area contributed by atoms with E-state index in [4.69, 9.17) is 10.8 Å². The van der Waals surface area contributed by atoms with E-state index >= 15 is 0 Å². The summed E-state index contributed by atoms with van der Waals surface area (Å²) in [6, 6.07) is 0. The maximum absolute atomic E-state index is 10.7. The summed E-state index contributed by atoms with van der Waals surface area (Å²) in [7, 11) is 0. The summed E-state index contributed by atoms with van der Waals surface area (Å²) in [6.45, 7) is 2.49. The Bertz CT molecular complexity index is 190. The Morgan fingerprint density at radius 2 is 2.14 bits per heavy atom. The second-order valence-corrected chi connectivity index (χ2v) is 4.63. The van der Waals surface area contributed by atoms with Gasteiger partial charge in [-0.05, 0) is 31.1 Å². The van der Waals surface area contributed by atoms with Gasteiger partial charge in [0.1, 0.15) is 0 Å². The fourth-order valence-electron chi connectivity index (χ4n) is 1.87. The highest BCUT2D eigenvalue weighted by Gasteiger charge is 2.24. The lowest BCUT2D eigenvalue weighted by Gasteiger charge is -2.13. The van der Waals surface area contributed by atoms with Gasteiger partial charge in [0.15, 0.2) is 0 Å². The molecule has 1 aliphatic carbocycles. The Kier molecular flexibility index (Phi) is 4.39. The number of nitrogens with two attached hydrogens (primary N) is 1. The first-order chi connectivity index (χ1) is 6.63. The first kappa shape index (κ1) is 11.5. The molecule has 0 aromatic heterocycles. The van der Waals surface area contributed by atoms with Crippen molar-refractivity contribution in [3.8, 4) is 0 Å². The van der Waals surface area contributed by atoms with Gasteiger partial charge >= 0.3 is 5.97 Å². The van der Waals surface area contributed by atoms with Crippen molar-refractivity contribution >= 4 is 5.97 Å². The standard InChI is InChI=1S/C11H21NO2/c1-8(6-9-3-4-9)2-5-10(7-12)11(13)14/h8-10H,2-7,12H2,1H3,(H,13,14)/t8?,10-/m1/s1. The minimum atomic E-state index is -0.744. The summed E-state index contributed by atoms with van der Waals surface area (Å²) < 4.78 is 0. The lowest BCUT2D eigenvalue weighted by atomic mass is 9.93. The molecular weight excluding hydrogens is 178 g/mol. The van der Waals surface area contributed by atoms with E-state index < -0.39 is 5.97 Å². The van der Waals surface area contributed by atoms with Crippen LogP contribution in [0.25, 0.3) is 0 Å². The van der Waals surface area contributed by atoms with Crippen LogP contribution in [0.2, 0.25) is 0 Å². The quantitative estimate of drug-likeness (QED) is 0.658. The molecule has 1 fully saturated rings. The summed E-state index contributed by atoms with van der Waals surface area (Å²) in [6.07, 6.45) is 5.77. The van der Waals surface area contributed by atoms with Crippen LogP contribution in [-0.4, -0.2) is 17.6 Å². The molecule has 0 spiro atoms. The zero-order valence-electron chi connectivity index (χ0n) is 8.91. The van der Waals surface area contributed by atoms with Crippen molar-refractivity contribution < 1.29 is 9.90 Å². The van der Waals surface area contributed by atoms with E-state index in [1.165, 1.54) is 19.3 Å². The lowest BCUT2D eigenvalue weighted by Crippen LogP contribution is -2.23. The third kappa shape index (κ3) is 4.09. The molecule has 0 amide bonds. The third-order valence-corrected chi connectivity index (χ3v) is 3.07. The van der Waals surface area contributed by atoms with Crippen LogP contribution in [0.15, 0.2) is 0 Å². The first-order valence-corrected chi connectivity index (χ1v) is 5.56. The second-order valence-electron chi connectivity index (χ2n) is 4.63. The van der Waals surface area contributed by atoms with Gasteiger partial charge in [0, 0.05) is 6.54 Å². The fourth-order valence-corrected chi connectivity index (χ4v) is 1.87. The van der Waals surface area contributed by atoms with Crippen molar-refractivity contribution in [2.75, 3.05) is 6.54 Å². The van der Waals surface area contributed by atoms with Crippen LogP contribution in [0.5, 0.6) is 0 Å². The van der Waals surface area contributed by atoms with Crippen molar-refractivity contribution in [1.82, 2.24) is 0 Å². The largest absolute Gasteiger partial charge is 0.481 e. The van der Waals surface area contributed by atoms with Crippen LogP contribution in [0.4, 0.5) is 0 Å². The highest BCUT2D eigenvalue weighted by Crippen LogP contribution is 2.36. The molecule has 0 bridgehead atoms. The normalized spacial score (nSPS) is 20.4. The number of carboxylic acid groups (broad SMARTS) is 1. The average molecular weight is 199 g/mol. The van der Waals surface area contributed by atoms with Crippen LogP contribution in [0, 0.1) is 17.8 Å². The monoisotopic (exact) mass is 199 g/mol. The Labute approximate surface area is 85.7 Å². The fraction of sp³-hybridized carbons (Fsp3) is 0.909. The summed E-state index contributed by atoms with van der Waals surface area (Å²) in [5.74, 6) is 0.518. The van der Waals surface area contributed by atoms with E-state index in [-0.39, 0.29) is 12.5 Å². The minimum absolute atomic E-state index is 0.269. The van der Waals surface area contributed by atoms with Gasteiger partial charge in [0.05, 0.1) is 5.92 Å². The number of aliphatic carboxylic acids is 1. The molecule has 0 aromatic carbocycles. The van der Waals surface area contributed by atoms with Gasteiger partial charge in [-0.3, -0.25) is 4.79 Å². The molecule has 3 N–H and O–H groups in total. The molecule has 0 aliphatic heterocycles. The number of hydrogen-bond acceptors (Lipinski definition) is 2. The van der Waals surface area contributed by atoms with E-state index in [1.54, 1.807) is 0 Å².